The third-order valence-corrected chi connectivity index (χ3v) is 4.86. The lowest BCUT2D eigenvalue weighted by Gasteiger charge is -2.23. The van der Waals surface area contributed by atoms with E-state index in [1.54, 1.807) is 0 Å². The Morgan fingerprint density at radius 2 is 2.05 bits per heavy atom. The first kappa shape index (κ1) is 14.3. The van der Waals surface area contributed by atoms with Gasteiger partial charge in [0.05, 0.1) is 15.5 Å². The van der Waals surface area contributed by atoms with Gasteiger partial charge in [-0.05, 0) is 44.1 Å². The summed E-state index contributed by atoms with van der Waals surface area (Å²) in [6.45, 7) is 1.61. The molecule has 1 aliphatic rings. The van der Waals surface area contributed by atoms with E-state index in [2.05, 4.69) is 10.0 Å². The second-order valence-corrected chi connectivity index (χ2v) is 6.52. The molecule has 1 fully saturated rings. The Morgan fingerprint density at radius 1 is 1.37 bits per heavy atom. The van der Waals surface area contributed by atoms with Crippen LogP contribution in [0.5, 0.6) is 0 Å². The lowest BCUT2D eigenvalue weighted by molar-refractivity contribution is 0.427. The quantitative estimate of drug-likeness (QED) is 0.880. The van der Waals surface area contributed by atoms with Crippen LogP contribution >= 0.6 is 11.6 Å². The zero-order valence-electron chi connectivity index (χ0n) is 10.2. The smallest absolute Gasteiger partial charge is 0.240 e. The van der Waals surface area contributed by atoms with Crippen LogP contribution in [0.25, 0.3) is 0 Å². The van der Waals surface area contributed by atoms with Crippen LogP contribution in [0.3, 0.4) is 0 Å². The van der Waals surface area contributed by atoms with Crippen LogP contribution in [0.1, 0.15) is 18.4 Å². The Morgan fingerprint density at radius 3 is 2.63 bits per heavy atom. The number of rotatable bonds is 3. The summed E-state index contributed by atoms with van der Waals surface area (Å²) in [6.07, 6.45) is 1.53. The lowest BCUT2D eigenvalue weighted by Crippen LogP contribution is -2.42. The Bertz CT molecular complexity index is 604. The third kappa shape index (κ3) is 3.45. The van der Waals surface area contributed by atoms with Crippen LogP contribution in [0.4, 0.5) is 0 Å². The van der Waals surface area contributed by atoms with Crippen molar-refractivity contribution in [1.82, 2.24) is 10.0 Å². The summed E-state index contributed by atoms with van der Waals surface area (Å²) in [5.74, 6) is 0. The van der Waals surface area contributed by atoms with Gasteiger partial charge >= 0.3 is 0 Å². The molecule has 0 aromatic heterocycles. The highest BCUT2D eigenvalue weighted by Gasteiger charge is 2.22. The van der Waals surface area contributed by atoms with Crippen molar-refractivity contribution in [2.24, 2.45) is 0 Å². The molecule has 1 saturated heterocycles. The highest BCUT2D eigenvalue weighted by molar-refractivity contribution is 7.89. The highest BCUT2D eigenvalue weighted by Crippen LogP contribution is 2.20. The minimum absolute atomic E-state index is 0.0549. The summed E-state index contributed by atoms with van der Waals surface area (Å²) < 4.78 is 27.0. The number of hydrogen-bond acceptors (Lipinski definition) is 4. The van der Waals surface area contributed by atoms with Gasteiger partial charge in [-0.3, -0.25) is 0 Å². The first-order valence-electron chi connectivity index (χ1n) is 5.95. The van der Waals surface area contributed by atoms with E-state index < -0.39 is 10.0 Å². The summed E-state index contributed by atoms with van der Waals surface area (Å²) in [5.41, 5.74) is 0.266. The fraction of sp³-hybridized carbons (Fsp3) is 0.417. The topological polar surface area (TPSA) is 82.0 Å². The molecule has 1 aliphatic heterocycles. The Balaban J connectivity index is 2.19. The molecule has 0 radical (unpaired) electrons. The molecule has 1 heterocycles. The van der Waals surface area contributed by atoms with Crippen LogP contribution in [-0.2, 0) is 10.0 Å². The van der Waals surface area contributed by atoms with Crippen LogP contribution in [0.2, 0.25) is 5.02 Å². The van der Waals surface area contributed by atoms with Gasteiger partial charge in [0.15, 0.2) is 0 Å². The predicted octanol–water partition coefficient (Wildman–Crippen LogP) is 1.24. The molecule has 0 amide bonds. The molecule has 0 atom stereocenters. The van der Waals surface area contributed by atoms with Crippen molar-refractivity contribution < 1.29 is 8.42 Å². The zero-order valence-corrected chi connectivity index (χ0v) is 11.8. The third-order valence-electron chi connectivity index (χ3n) is 3.03. The molecular formula is C12H14ClN3O2S. The van der Waals surface area contributed by atoms with Gasteiger partial charge in [0.25, 0.3) is 0 Å². The van der Waals surface area contributed by atoms with Gasteiger partial charge in [-0.25, -0.2) is 13.1 Å². The van der Waals surface area contributed by atoms with E-state index in [1.165, 1.54) is 18.2 Å². The maximum atomic E-state index is 12.2. The molecule has 0 spiro atoms. The first-order valence-corrected chi connectivity index (χ1v) is 7.82. The van der Waals surface area contributed by atoms with Crippen molar-refractivity contribution in [3.8, 4) is 6.07 Å². The summed E-state index contributed by atoms with van der Waals surface area (Å²) in [4.78, 5) is 0.0926. The molecule has 19 heavy (non-hydrogen) atoms. The van der Waals surface area contributed by atoms with Gasteiger partial charge in [-0.1, -0.05) is 11.6 Å². The van der Waals surface area contributed by atoms with Crippen molar-refractivity contribution in [2.75, 3.05) is 13.1 Å². The first-order chi connectivity index (χ1) is 9.03. The molecule has 2 N–H and O–H groups in total. The van der Waals surface area contributed by atoms with Crippen LogP contribution < -0.4 is 10.0 Å². The van der Waals surface area contributed by atoms with Crippen molar-refractivity contribution in [2.45, 2.75) is 23.8 Å². The minimum atomic E-state index is -3.58. The average Bonchev–Trinajstić information content (AvgIpc) is 2.39. The second-order valence-electron chi connectivity index (χ2n) is 4.40. The number of benzene rings is 1. The second kappa shape index (κ2) is 5.88. The average molecular weight is 300 g/mol. The normalized spacial score (nSPS) is 17.1. The fourth-order valence-corrected chi connectivity index (χ4v) is 3.60. The molecule has 0 unspecified atom stereocenters. The van der Waals surface area contributed by atoms with E-state index in [0.717, 1.165) is 25.9 Å². The summed E-state index contributed by atoms with van der Waals surface area (Å²) in [6, 6.07) is 5.97. The van der Waals surface area contributed by atoms with Crippen LogP contribution in [0.15, 0.2) is 23.1 Å². The van der Waals surface area contributed by atoms with Crippen molar-refractivity contribution >= 4 is 21.6 Å². The van der Waals surface area contributed by atoms with E-state index in [0.29, 0.717) is 0 Å². The van der Waals surface area contributed by atoms with Gasteiger partial charge in [-0.2, -0.15) is 5.26 Å². The number of halogens is 1. The van der Waals surface area contributed by atoms with Gasteiger partial charge in [0.2, 0.25) is 10.0 Å². The largest absolute Gasteiger partial charge is 0.317 e. The number of sulfonamides is 1. The molecule has 0 aliphatic carbocycles. The molecule has 102 valence electrons. The maximum absolute atomic E-state index is 12.2. The van der Waals surface area contributed by atoms with Crippen molar-refractivity contribution in [3.63, 3.8) is 0 Å². The number of nitriles is 1. The van der Waals surface area contributed by atoms with E-state index >= 15 is 0 Å². The molecular weight excluding hydrogens is 286 g/mol. The molecule has 0 saturated carbocycles. The van der Waals surface area contributed by atoms with E-state index in [-0.39, 0.29) is 21.5 Å². The minimum Gasteiger partial charge on any atom is -0.317 e. The number of piperidine rings is 1. The van der Waals surface area contributed by atoms with E-state index in [1.807, 2.05) is 6.07 Å². The maximum Gasteiger partial charge on any atom is 0.240 e. The number of nitrogens with zero attached hydrogens (tertiary/aromatic N) is 1. The SMILES string of the molecule is N#Cc1ccc(S(=O)(=O)NC2CCNCC2)cc1Cl. The molecule has 7 heteroatoms. The molecule has 0 bridgehead atoms. The molecule has 5 nitrogen and oxygen atoms in total. The Kier molecular flexibility index (Phi) is 4.42. The standard InChI is InChI=1S/C12H14ClN3O2S/c13-12-7-11(2-1-9(12)8-14)19(17,18)16-10-3-5-15-6-4-10/h1-2,7,10,15-16H,3-6H2. The Labute approximate surface area is 117 Å². The number of nitrogens with one attached hydrogen (secondary N) is 2. The van der Waals surface area contributed by atoms with Gasteiger partial charge in [-0.15, -0.1) is 0 Å². The van der Waals surface area contributed by atoms with Crippen LogP contribution in [-0.4, -0.2) is 27.5 Å². The summed E-state index contributed by atoms with van der Waals surface area (Å²) in [5, 5.41) is 12.1. The monoisotopic (exact) mass is 299 g/mol. The molecule has 2 rings (SSSR count). The van der Waals surface area contributed by atoms with Crippen molar-refractivity contribution in [3.05, 3.63) is 28.8 Å². The molecule has 1 aromatic carbocycles. The predicted molar refractivity (Wildman–Crippen MR) is 72.4 cm³/mol. The van der Waals surface area contributed by atoms with E-state index in [4.69, 9.17) is 16.9 Å². The van der Waals surface area contributed by atoms with Crippen molar-refractivity contribution in [1.29, 1.82) is 5.26 Å². The lowest BCUT2D eigenvalue weighted by atomic mass is 10.1. The fourth-order valence-electron chi connectivity index (χ4n) is 1.98. The molecule has 1 aromatic rings. The van der Waals surface area contributed by atoms with Gasteiger partial charge < -0.3 is 5.32 Å². The van der Waals surface area contributed by atoms with E-state index in [9.17, 15) is 8.42 Å². The summed E-state index contributed by atoms with van der Waals surface area (Å²) in [7, 11) is -3.58. The highest BCUT2D eigenvalue weighted by atomic mass is 35.5. The number of hydrogen-bond donors (Lipinski definition) is 2. The summed E-state index contributed by atoms with van der Waals surface area (Å²) >= 11 is 5.85. The van der Waals surface area contributed by atoms with Gasteiger partial charge in [0.1, 0.15) is 6.07 Å². The Hall–Kier alpha value is -1.13. The van der Waals surface area contributed by atoms with Crippen LogP contribution in [0, 0.1) is 11.3 Å². The van der Waals surface area contributed by atoms with Gasteiger partial charge in [0, 0.05) is 6.04 Å². The zero-order chi connectivity index (χ0) is 13.9.